The topological polar surface area (TPSA) is 90.9 Å². The van der Waals surface area contributed by atoms with Gasteiger partial charge in [0.2, 0.25) is 0 Å². The van der Waals surface area contributed by atoms with Crippen LogP contribution in [0.5, 0.6) is 5.75 Å². The van der Waals surface area contributed by atoms with E-state index in [1.165, 1.54) is 35.2 Å². The van der Waals surface area contributed by atoms with Gasteiger partial charge in [-0.2, -0.15) is 31.4 Å². The second-order valence-electron chi connectivity index (χ2n) is 7.84. The van der Waals surface area contributed by atoms with Crippen molar-refractivity contribution >= 4 is 5.82 Å². The molecule has 0 unspecified atom stereocenters. The molecule has 4 aromatic rings. The molecule has 8 nitrogen and oxygen atoms in total. The fourth-order valence-electron chi connectivity index (χ4n) is 3.72. The first-order valence-corrected chi connectivity index (χ1v) is 10.3. The molecule has 5 rings (SSSR count). The molecule has 1 N–H and O–H groups in total. The smallest absolute Gasteiger partial charge is 0.443 e. The molecule has 0 aliphatic carbocycles. The van der Waals surface area contributed by atoms with Gasteiger partial charge in [0, 0.05) is 11.6 Å². The number of rotatable bonds is 4. The van der Waals surface area contributed by atoms with Crippen molar-refractivity contribution in [1.29, 1.82) is 0 Å². The minimum absolute atomic E-state index is 0.0440. The Balaban J connectivity index is 1.55. The molecule has 0 radical (unpaired) electrons. The predicted octanol–water partition coefficient (Wildman–Crippen LogP) is 5.36. The van der Waals surface area contributed by atoms with E-state index >= 15 is 0 Å². The number of hydrogen-bond acceptors (Lipinski definition) is 7. The fraction of sp³-hybridized carbons (Fsp3) is 0.182. The highest BCUT2D eigenvalue weighted by molar-refractivity contribution is 5.66. The Labute approximate surface area is 202 Å². The first kappa shape index (κ1) is 24.3. The molecule has 0 bridgehead atoms. The zero-order chi connectivity index (χ0) is 26.6. The highest BCUT2D eigenvalue weighted by atomic mass is 19.4. The van der Waals surface area contributed by atoms with Crippen LogP contribution in [0.25, 0.3) is 22.9 Å². The summed E-state index contributed by atoms with van der Waals surface area (Å²) >= 11 is 0. The van der Waals surface area contributed by atoms with E-state index in [4.69, 9.17) is 4.52 Å². The van der Waals surface area contributed by atoms with E-state index < -0.39 is 41.0 Å². The van der Waals surface area contributed by atoms with Gasteiger partial charge in [0.15, 0.2) is 17.4 Å². The van der Waals surface area contributed by atoms with E-state index in [9.17, 15) is 30.7 Å². The van der Waals surface area contributed by atoms with Gasteiger partial charge in [0.05, 0.1) is 24.1 Å². The minimum atomic E-state index is -5.89. The number of nitrogens with zero attached hydrogens (tertiary/aromatic N) is 5. The Kier molecular flexibility index (Phi) is 5.45. The van der Waals surface area contributed by atoms with Crippen LogP contribution in [0.2, 0.25) is 0 Å². The number of nitrogens with one attached hydrogen (secondary N) is 1. The molecule has 0 saturated carbocycles. The molecule has 37 heavy (non-hydrogen) atoms. The van der Waals surface area contributed by atoms with Gasteiger partial charge in [0.25, 0.3) is 0 Å². The van der Waals surface area contributed by atoms with Crippen molar-refractivity contribution in [2.75, 3.05) is 5.32 Å². The first-order chi connectivity index (χ1) is 17.4. The largest absolute Gasteiger partial charge is 0.458 e. The summed E-state index contributed by atoms with van der Waals surface area (Å²) in [4.78, 5) is 7.83. The summed E-state index contributed by atoms with van der Waals surface area (Å²) in [5.41, 5.74) is -5.18. The van der Waals surface area contributed by atoms with Gasteiger partial charge in [-0.15, -0.1) is 0 Å². The summed E-state index contributed by atoms with van der Waals surface area (Å²) in [5, 5.41) is 10.1. The summed E-state index contributed by atoms with van der Waals surface area (Å²) in [5.74, 6) is -2.04. The zero-order valence-electron chi connectivity index (χ0n) is 18.2. The lowest BCUT2D eigenvalue weighted by atomic mass is 9.96. The molecule has 192 valence electrons. The van der Waals surface area contributed by atoms with E-state index in [0.29, 0.717) is 17.6 Å². The van der Waals surface area contributed by atoms with Crippen molar-refractivity contribution < 1.29 is 40.0 Å². The number of alkyl halides is 6. The predicted molar refractivity (Wildman–Crippen MR) is 112 cm³/mol. The Morgan fingerprint density at radius 3 is 2.41 bits per heavy atom. The van der Waals surface area contributed by atoms with Gasteiger partial charge in [-0.25, -0.2) is 14.4 Å². The van der Waals surface area contributed by atoms with Crippen LogP contribution >= 0.6 is 0 Å². The summed E-state index contributed by atoms with van der Waals surface area (Å²) in [6, 6.07) is 8.92. The van der Waals surface area contributed by atoms with Crippen molar-refractivity contribution in [3.63, 3.8) is 0 Å². The van der Waals surface area contributed by atoms with Crippen LogP contribution in [-0.4, -0.2) is 42.9 Å². The van der Waals surface area contributed by atoms with Gasteiger partial charge in [-0.1, -0.05) is 29.9 Å². The number of ether oxygens (including phenoxy) is 1. The van der Waals surface area contributed by atoms with Crippen LogP contribution in [0.15, 0.2) is 65.7 Å². The molecule has 0 fully saturated rings. The van der Waals surface area contributed by atoms with E-state index in [2.05, 4.69) is 31.5 Å². The van der Waals surface area contributed by atoms with Crippen molar-refractivity contribution in [2.45, 2.75) is 24.5 Å². The molecule has 1 aliphatic rings. The molecule has 1 aliphatic heterocycles. The van der Waals surface area contributed by atoms with Crippen LogP contribution in [0.3, 0.4) is 0 Å². The summed E-state index contributed by atoms with van der Waals surface area (Å²) < 4.78 is 106. The van der Waals surface area contributed by atoms with E-state index in [1.54, 1.807) is 12.1 Å². The number of halogens is 7. The van der Waals surface area contributed by atoms with Gasteiger partial charge in [-0.05, 0) is 12.1 Å². The second kappa shape index (κ2) is 8.31. The Morgan fingerprint density at radius 1 is 1.03 bits per heavy atom. The standard InChI is InChI=1S/C22H13F7N6O2/c1-11-20(21(24,25)26,22(27,28)29)37-17-9-30-18(32-19(17)31-11)15-8-16(14-6-7-36-34-14)35(33-15)10-12-4-2-3-5-13(12)23/h2-9H,1,10H2,(H,30,31,32). The van der Waals surface area contributed by atoms with Gasteiger partial charge in [-0.3, -0.25) is 4.68 Å². The quantitative estimate of drug-likeness (QED) is 0.358. The number of anilines is 1. The van der Waals surface area contributed by atoms with Crippen LogP contribution < -0.4 is 10.1 Å². The van der Waals surface area contributed by atoms with E-state index in [0.717, 1.165) is 0 Å². The zero-order valence-corrected chi connectivity index (χ0v) is 18.2. The minimum Gasteiger partial charge on any atom is -0.458 e. The van der Waals surface area contributed by atoms with Gasteiger partial charge >= 0.3 is 18.0 Å². The first-order valence-electron chi connectivity index (χ1n) is 10.3. The van der Waals surface area contributed by atoms with E-state index in [1.807, 2.05) is 5.32 Å². The third-order valence-electron chi connectivity index (χ3n) is 5.50. The van der Waals surface area contributed by atoms with Crippen molar-refractivity contribution in [2.24, 2.45) is 0 Å². The van der Waals surface area contributed by atoms with Crippen LogP contribution in [0, 0.1) is 5.82 Å². The highest BCUT2D eigenvalue weighted by Gasteiger charge is 2.76. The average molecular weight is 526 g/mol. The fourth-order valence-corrected chi connectivity index (χ4v) is 3.72. The number of benzene rings is 1. The van der Waals surface area contributed by atoms with Crippen LogP contribution in [-0.2, 0) is 6.54 Å². The lowest BCUT2D eigenvalue weighted by Gasteiger charge is -2.41. The summed E-state index contributed by atoms with van der Waals surface area (Å²) in [6.45, 7) is 2.85. The van der Waals surface area contributed by atoms with Crippen molar-refractivity contribution in [3.8, 4) is 28.7 Å². The van der Waals surface area contributed by atoms with Crippen molar-refractivity contribution in [3.05, 3.63) is 72.5 Å². The van der Waals surface area contributed by atoms with Crippen LogP contribution in [0.1, 0.15) is 5.56 Å². The molecule has 4 heterocycles. The molecule has 1 aromatic carbocycles. The van der Waals surface area contributed by atoms with Gasteiger partial charge in [0.1, 0.15) is 23.5 Å². The molecule has 15 heteroatoms. The Bertz CT molecular complexity index is 1460. The SMILES string of the molecule is C=C1Nc2nc(-c3cc(-c4ccon4)n(Cc4ccccc4F)n3)ncc2OC1(C(F)(F)F)C(F)(F)F. The number of aromatic nitrogens is 5. The summed E-state index contributed by atoms with van der Waals surface area (Å²) in [6.07, 6.45) is -9.81. The summed E-state index contributed by atoms with van der Waals surface area (Å²) in [7, 11) is 0. The maximum Gasteiger partial charge on any atom is 0.443 e. The third kappa shape index (κ3) is 3.95. The highest BCUT2D eigenvalue weighted by Crippen LogP contribution is 2.53. The normalized spacial score (nSPS) is 15.2. The number of fused-ring (bicyclic) bond motifs is 1. The molecule has 0 saturated heterocycles. The monoisotopic (exact) mass is 526 g/mol. The maximum absolute atomic E-state index is 14.2. The molecule has 0 amide bonds. The lowest BCUT2D eigenvalue weighted by Crippen LogP contribution is -2.64. The Hall–Kier alpha value is -4.43. The van der Waals surface area contributed by atoms with Gasteiger partial charge < -0.3 is 14.6 Å². The molecule has 0 atom stereocenters. The molecule has 0 spiro atoms. The lowest BCUT2D eigenvalue weighted by molar-refractivity contribution is -0.342. The Morgan fingerprint density at radius 2 is 1.76 bits per heavy atom. The number of hydrogen-bond donors (Lipinski definition) is 1. The maximum atomic E-state index is 14.2. The molecular weight excluding hydrogens is 513 g/mol. The third-order valence-corrected chi connectivity index (χ3v) is 5.50. The second-order valence-corrected chi connectivity index (χ2v) is 7.84. The van der Waals surface area contributed by atoms with Crippen molar-refractivity contribution in [1.82, 2.24) is 24.9 Å². The van der Waals surface area contributed by atoms with E-state index in [-0.39, 0.29) is 23.6 Å². The molecule has 3 aromatic heterocycles. The van der Waals surface area contributed by atoms with Crippen LogP contribution in [0.4, 0.5) is 36.6 Å². The molecular formula is C22H13F7N6O2. The average Bonchev–Trinajstić information content (AvgIpc) is 3.48.